The van der Waals surface area contributed by atoms with E-state index in [1.807, 2.05) is 24.3 Å². The molecule has 3 rings (SSSR count). The lowest BCUT2D eigenvalue weighted by Gasteiger charge is -2.26. The van der Waals surface area contributed by atoms with E-state index in [0.29, 0.717) is 35.4 Å². The van der Waals surface area contributed by atoms with Crippen LogP contribution in [-0.2, 0) is 0 Å². The van der Waals surface area contributed by atoms with Gasteiger partial charge in [0.1, 0.15) is 18.4 Å². The Kier molecular flexibility index (Phi) is 4.02. The van der Waals surface area contributed by atoms with E-state index in [-0.39, 0.29) is 11.8 Å². The van der Waals surface area contributed by atoms with Crippen molar-refractivity contribution >= 4 is 23.0 Å². The maximum atomic E-state index is 11.0. The number of benzene rings is 2. The smallest absolute Gasteiger partial charge is 0.293 e. The predicted octanol–water partition coefficient (Wildman–Crippen LogP) is 3.50. The SMILES string of the molecule is O=[N+]([O-])c1cc(Cl)ccc1NC[C@@H]1COc2ccccc2O1. The molecule has 0 fully saturated rings. The molecule has 0 saturated carbocycles. The molecule has 0 bridgehead atoms. The Morgan fingerprint density at radius 1 is 1.27 bits per heavy atom. The number of anilines is 1. The minimum atomic E-state index is -0.470. The number of nitro benzene ring substituents is 1. The second-order valence-electron chi connectivity index (χ2n) is 4.80. The molecule has 0 spiro atoms. The molecule has 0 radical (unpaired) electrons. The Balaban J connectivity index is 1.68. The van der Waals surface area contributed by atoms with E-state index in [9.17, 15) is 10.1 Å². The number of halogens is 1. The van der Waals surface area contributed by atoms with Gasteiger partial charge in [0.25, 0.3) is 5.69 Å². The van der Waals surface area contributed by atoms with Gasteiger partial charge < -0.3 is 14.8 Å². The van der Waals surface area contributed by atoms with Gasteiger partial charge in [-0.15, -0.1) is 0 Å². The lowest BCUT2D eigenvalue weighted by Crippen LogP contribution is -2.35. The molecule has 1 N–H and O–H groups in total. The molecule has 1 aliphatic rings. The van der Waals surface area contributed by atoms with Crippen molar-refractivity contribution in [3.05, 3.63) is 57.6 Å². The van der Waals surface area contributed by atoms with E-state index in [1.165, 1.54) is 6.07 Å². The van der Waals surface area contributed by atoms with Crippen LogP contribution in [0.4, 0.5) is 11.4 Å². The third kappa shape index (κ3) is 3.07. The lowest BCUT2D eigenvalue weighted by atomic mass is 10.2. The predicted molar refractivity (Wildman–Crippen MR) is 82.9 cm³/mol. The van der Waals surface area contributed by atoms with E-state index < -0.39 is 4.92 Å². The van der Waals surface area contributed by atoms with Crippen molar-refractivity contribution in [3.8, 4) is 11.5 Å². The number of hydrogen-bond acceptors (Lipinski definition) is 5. The van der Waals surface area contributed by atoms with Gasteiger partial charge in [0.15, 0.2) is 11.5 Å². The van der Waals surface area contributed by atoms with Gasteiger partial charge in [0.2, 0.25) is 0 Å². The second kappa shape index (κ2) is 6.11. The van der Waals surface area contributed by atoms with Crippen molar-refractivity contribution in [1.29, 1.82) is 0 Å². The third-order valence-corrected chi connectivity index (χ3v) is 3.48. The first kappa shape index (κ1) is 14.5. The fraction of sp³-hybridized carbons (Fsp3) is 0.200. The van der Waals surface area contributed by atoms with Gasteiger partial charge in [-0.25, -0.2) is 0 Å². The van der Waals surface area contributed by atoms with Crippen LogP contribution in [-0.4, -0.2) is 24.2 Å². The van der Waals surface area contributed by atoms with Crippen molar-refractivity contribution < 1.29 is 14.4 Å². The number of nitrogens with one attached hydrogen (secondary N) is 1. The van der Waals surface area contributed by atoms with E-state index in [4.69, 9.17) is 21.1 Å². The summed E-state index contributed by atoms with van der Waals surface area (Å²) in [6, 6.07) is 11.9. The first-order valence-electron chi connectivity index (χ1n) is 6.70. The van der Waals surface area contributed by atoms with Gasteiger partial charge in [-0.1, -0.05) is 23.7 Å². The highest BCUT2D eigenvalue weighted by molar-refractivity contribution is 6.30. The zero-order valence-electron chi connectivity index (χ0n) is 11.5. The molecule has 0 saturated heterocycles. The van der Waals surface area contributed by atoms with Gasteiger partial charge in [0, 0.05) is 11.1 Å². The summed E-state index contributed by atoms with van der Waals surface area (Å²) in [6.07, 6.45) is -0.231. The van der Waals surface area contributed by atoms with E-state index >= 15 is 0 Å². The van der Waals surface area contributed by atoms with Crippen molar-refractivity contribution in [2.45, 2.75) is 6.10 Å². The van der Waals surface area contributed by atoms with Crippen LogP contribution in [0.1, 0.15) is 0 Å². The van der Waals surface area contributed by atoms with Crippen LogP contribution in [0.15, 0.2) is 42.5 Å². The molecule has 0 unspecified atom stereocenters. The largest absolute Gasteiger partial charge is 0.486 e. The van der Waals surface area contributed by atoms with Crippen LogP contribution in [0.2, 0.25) is 5.02 Å². The van der Waals surface area contributed by atoms with Crippen LogP contribution < -0.4 is 14.8 Å². The monoisotopic (exact) mass is 320 g/mol. The Labute approximate surface area is 131 Å². The fourth-order valence-electron chi connectivity index (χ4n) is 2.19. The van der Waals surface area contributed by atoms with Gasteiger partial charge in [-0.2, -0.15) is 0 Å². The summed E-state index contributed by atoms with van der Waals surface area (Å²) in [5.74, 6) is 1.38. The zero-order valence-corrected chi connectivity index (χ0v) is 12.2. The van der Waals surface area contributed by atoms with E-state index in [1.54, 1.807) is 12.1 Å². The number of fused-ring (bicyclic) bond motifs is 1. The maximum Gasteiger partial charge on any atom is 0.293 e. The number of para-hydroxylation sites is 2. The summed E-state index contributed by atoms with van der Waals surface area (Å²) >= 11 is 5.79. The van der Waals surface area contributed by atoms with Crippen molar-refractivity contribution in [3.63, 3.8) is 0 Å². The molecule has 6 nitrogen and oxygen atoms in total. The van der Waals surface area contributed by atoms with Crippen molar-refractivity contribution in [1.82, 2.24) is 0 Å². The summed E-state index contributed by atoms with van der Waals surface area (Å²) in [5, 5.41) is 14.4. The minimum absolute atomic E-state index is 0.0652. The highest BCUT2D eigenvalue weighted by Crippen LogP contribution is 2.32. The van der Waals surface area contributed by atoms with Crippen molar-refractivity contribution in [2.75, 3.05) is 18.5 Å². The minimum Gasteiger partial charge on any atom is -0.486 e. The molecule has 0 amide bonds. The second-order valence-corrected chi connectivity index (χ2v) is 5.23. The van der Waals surface area contributed by atoms with Gasteiger partial charge >= 0.3 is 0 Å². The molecule has 0 aromatic heterocycles. The number of rotatable bonds is 4. The summed E-state index contributed by atoms with van der Waals surface area (Å²) in [7, 11) is 0. The molecular weight excluding hydrogens is 308 g/mol. The molecule has 114 valence electrons. The van der Waals surface area contributed by atoms with Crippen LogP contribution in [0.3, 0.4) is 0 Å². The highest BCUT2D eigenvalue weighted by atomic mass is 35.5. The zero-order chi connectivity index (χ0) is 15.5. The van der Waals surface area contributed by atoms with Gasteiger partial charge in [0.05, 0.1) is 11.5 Å². The summed E-state index contributed by atoms with van der Waals surface area (Å²) in [4.78, 5) is 10.6. The quantitative estimate of drug-likeness (QED) is 0.689. The lowest BCUT2D eigenvalue weighted by molar-refractivity contribution is -0.383. The number of nitro groups is 1. The van der Waals surface area contributed by atoms with E-state index in [2.05, 4.69) is 5.32 Å². The van der Waals surface area contributed by atoms with Crippen LogP contribution >= 0.6 is 11.6 Å². The number of nitrogens with zero attached hydrogens (tertiary/aromatic N) is 1. The fourth-order valence-corrected chi connectivity index (χ4v) is 2.36. The van der Waals surface area contributed by atoms with E-state index in [0.717, 1.165) is 0 Å². The molecular formula is C15H13ClN2O4. The number of hydrogen-bond donors (Lipinski definition) is 1. The van der Waals surface area contributed by atoms with Crippen LogP contribution in [0.25, 0.3) is 0 Å². The van der Waals surface area contributed by atoms with Crippen LogP contribution in [0.5, 0.6) is 11.5 Å². The molecule has 1 aliphatic heterocycles. The molecule has 1 heterocycles. The number of ether oxygens (including phenoxy) is 2. The standard InChI is InChI=1S/C15H13ClN2O4/c16-10-5-6-12(13(7-10)18(19)20)17-8-11-9-21-14-3-1-2-4-15(14)22-11/h1-7,11,17H,8-9H2/t11-/m1/s1. The third-order valence-electron chi connectivity index (χ3n) is 3.24. The van der Waals surface area contributed by atoms with Gasteiger partial charge in [-0.3, -0.25) is 10.1 Å². The first-order chi connectivity index (χ1) is 10.6. The molecule has 0 aliphatic carbocycles. The summed E-state index contributed by atoms with van der Waals surface area (Å²) in [6.45, 7) is 0.766. The molecule has 2 aromatic rings. The molecule has 22 heavy (non-hydrogen) atoms. The van der Waals surface area contributed by atoms with Crippen LogP contribution in [0, 0.1) is 10.1 Å². The molecule has 1 atom stereocenters. The topological polar surface area (TPSA) is 73.6 Å². The Morgan fingerprint density at radius 3 is 2.82 bits per heavy atom. The average Bonchev–Trinajstić information content (AvgIpc) is 2.53. The molecule has 2 aromatic carbocycles. The van der Waals surface area contributed by atoms with Gasteiger partial charge in [-0.05, 0) is 24.3 Å². The molecule has 7 heteroatoms. The maximum absolute atomic E-state index is 11.0. The highest BCUT2D eigenvalue weighted by Gasteiger charge is 2.22. The average molecular weight is 321 g/mol. The normalized spacial score (nSPS) is 16.1. The Bertz CT molecular complexity index is 708. The Morgan fingerprint density at radius 2 is 2.05 bits per heavy atom. The first-order valence-corrected chi connectivity index (χ1v) is 7.07. The Hall–Kier alpha value is -2.47. The van der Waals surface area contributed by atoms with Crippen molar-refractivity contribution in [2.24, 2.45) is 0 Å². The summed E-state index contributed by atoms with van der Waals surface area (Å²) in [5.41, 5.74) is 0.335. The summed E-state index contributed by atoms with van der Waals surface area (Å²) < 4.78 is 11.4.